The molecule has 1 heterocycles. The number of ether oxygens (including phenoxy) is 1. The van der Waals surface area contributed by atoms with Crippen molar-refractivity contribution in [2.24, 2.45) is 0 Å². The van der Waals surface area contributed by atoms with Crippen LogP contribution in [0.25, 0.3) is 0 Å². The van der Waals surface area contributed by atoms with E-state index in [2.05, 4.69) is 0 Å². The predicted octanol–water partition coefficient (Wildman–Crippen LogP) is 1.59. The lowest BCUT2D eigenvalue weighted by molar-refractivity contribution is -0.903. The maximum atomic E-state index is 13.4. The van der Waals surface area contributed by atoms with Crippen molar-refractivity contribution in [2.45, 2.75) is 4.90 Å². The van der Waals surface area contributed by atoms with Crippen LogP contribution in [-0.4, -0.2) is 52.1 Å². The first-order valence-electron chi connectivity index (χ1n) is 8.53. The summed E-state index contributed by atoms with van der Waals surface area (Å²) in [6.07, 6.45) is 0. The summed E-state index contributed by atoms with van der Waals surface area (Å²) in [6.45, 7) is 3.11. The molecule has 5 nitrogen and oxygen atoms in total. The van der Waals surface area contributed by atoms with Crippen LogP contribution in [0.4, 0.5) is 8.78 Å². The van der Waals surface area contributed by atoms with E-state index in [-0.39, 0.29) is 4.90 Å². The van der Waals surface area contributed by atoms with E-state index < -0.39 is 21.7 Å². The zero-order chi connectivity index (χ0) is 19.4. The summed E-state index contributed by atoms with van der Waals surface area (Å²) in [7, 11) is -3.82. The SMILES string of the molecule is O=S(=O)(c1ccc(F)c(F)c1)N1CC[NH+](CCOc2ccc(Cl)cc2)CC1. The van der Waals surface area contributed by atoms with Gasteiger partial charge in [-0.2, -0.15) is 4.31 Å². The zero-order valence-electron chi connectivity index (χ0n) is 14.5. The molecule has 1 aliphatic rings. The fraction of sp³-hybridized carbons (Fsp3) is 0.333. The molecule has 0 spiro atoms. The van der Waals surface area contributed by atoms with Crippen LogP contribution in [0.1, 0.15) is 0 Å². The molecular weight excluding hydrogens is 398 g/mol. The summed E-state index contributed by atoms with van der Waals surface area (Å²) in [5, 5.41) is 0.645. The first kappa shape index (κ1) is 20.0. The Morgan fingerprint density at radius 1 is 1.04 bits per heavy atom. The van der Waals surface area contributed by atoms with Crippen molar-refractivity contribution in [1.82, 2.24) is 4.31 Å². The number of nitrogens with zero attached hydrogens (tertiary/aromatic N) is 1. The van der Waals surface area contributed by atoms with E-state index in [9.17, 15) is 17.2 Å². The lowest BCUT2D eigenvalue weighted by atomic mass is 10.3. The number of halogens is 3. The van der Waals surface area contributed by atoms with Gasteiger partial charge >= 0.3 is 0 Å². The average molecular weight is 418 g/mol. The molecule has 27 heavy (non-hydrogen) atoms. The number of hydrogen-bond donors (Lipinski definition) is 1. The average Bonchev–Trinajstić information content (AvgIpc) is 2.66. The summed E-state index contributed by atoms with van der Waals surface area (Å²) in [4.78, 5) is 0.997. The van der Waals surface area contributed by atoms with Crippen molar-refractivity contribution in [1.29, 1.82) is 0 Å². The molecule has 1 fully saturated rings. The van der Waals surface area contributed by atoms with E-state index in [1.165, 1.54) is 9.21 Å². The minimum atomic E-state index is -3.82. The van der Waals surface area contributed by atoms with Crippen molar-refractivity contribution in [2.75, 3.05) is 39.3 Å². The van der Waals surface area contributed by atoms with Crippen molar-refractivity contribution >= 4 is 21.6 Å². The van der Waals surface area contributed by atoms with Crippen molar-refractivity contribution < 1.29 is 26.8 Å². The van der Waals surface area contributed by atoms with Crippen LogP contribution in [0.5, 0.6) is 5.75 Å². The molecule has 1 aliphatic heterocycles. The van der Waals surface area contributed by atoms with Crippen LogP contribution >= 0.6 is 11.6 Å². The third-order valence-electron chi connectivity index (χ3n) is 4.50. The molecule has 2 aromatic carbocycles. The number of sulfonamides is 1. The number of benzene rings is 2. The molecule has 0 bridgehead atoms. The molecule has 0 saturated carbocycles. The van der Waals surface area contributed by atoms with Crippen LogP contribution in [-0.2, 0) is 10.0 Å². The Hall–Kier alpha value is -1.74. The van der Waals surface area contributed by atoms with Crippen LogP contribution in [0.15, 0.2) is 47.4 Å². The smallest absolute Gasteiger partial charge is 0.243 e. The molecular formula is C18H20ClF2N2O3S+. The Morgan fingerprint density at radius 3 is 2.33 bits per heavy atom. The van der Waals surface area contributed by atoms with Gasteiger partial charge in [0.05, 0.1) is 31.1 Å². The summed E-state index contributed by atoms with van der Waals surface area (Å²) < 4.78 is 58.5. The lowest BCUT2D eigenvalue weighted by Crippen LogP contribution is -3.15. The summed E-state index contributed by atoms with van der Waals surface area (Å²) >= 11 is 5.83. The second kappa shape index (κ2) is 8.52. The topological polar surface area (TPSA) is 51.0 Å². The highest BCUT2D eigenvalue weighted by atomic mass is 35.5. The first-order valence-corrected chi connectivity index (χ1v) is 10.4. The van der Waals surface area contributed by atoms with Crippen LogP contribution < -0.4 is 9.64 Å². The molecule has 1 saturated heterocycles. The van der Waals surface area contributed by atoms with Gasteiger partial charge in [-0.3, -0.25) is 0 Å². The van der Waals surface area contributed by atoms with Gasteiger partial charge in [-0.1, -0.05) is 11.6 Å². The highest BCUT2D eigenvalue weighted by molar-refractivity contribution is 7.89. The first-order chi connectivity index (χ1) is 12.9. The molecule has 1 N–H and O–H groups in total. The third-order valence-corrected chi connectivity index (χ3v) is 6.64. The maximum absolute atomic E-state index is 13.4. The van der Waals surface area contributed by atoms with Gasteiger partial charge in [0.25, 0.3) is 0 Å². The highest BCUT2D eigenvalue weighted by Gasteiger charge is 2.30. The fourth-order valence-corrected chi connectivity index (χ4v) is 4.50. The monoisotopic (exact) mass is 417 g/mol. The quantitative estimate of drug-likeness (QED) is 0.776. The van der Waals surface area contributed by atoms with E-state index >= 15 is 0 Å². The summed E-state index contributed by atoms with van der Waals surface area (Å²) in [5.74, 6) is -1.50. The third kappa shape index (κ3) is 4.95. The molecule has 146 valence electrons. The Kier molecular flexibility index (Phi) is 6.31. The summed E-state index contributed by atoms with van der Waals surface area (Å²) in [5.41, 5.74) is 0. The fourth-order valence-electron chi connectivity index (χ4n) is 2.92. The number of hydrogen-bond acceptors (Lipinski definition) is 3. The number of nitrogens with one attached hydrogen (secondary N) is 1. The predicted molar refractivity (Wildman–Crippen MR) is 97.6 cm³/mol. The molecule has 0 atom stereocenters. The van der Waals surface area contributed by atoms with Gasteiger partial charge < -0.3 is 9.64 Å². The Bertz CT molecular complexity index is 886. The van der Waals surface area contributed by atoms with Gasteiger partial charge in [0.2, 0.25) is 10.0 Å². The van der Waals surface area contributed by atoms with Crippen LogP contribution in [0, 0.1) is 11.6 Å². The highest BCUT2D eigenvalue weighted by Crippen LogP contribution is 2.18. The Labute approximate surface area is 162 Å². The molecule has 3 rings (SSSR count). The maximum Gasteiger partial charge on any atom is 0.243 e. The largest absolute Gasteiger partial charge is 0.488 e. The molecule has 2 aromatic rings. The van der Waals surface area contributed by atoms with Gasteiger partial charge in [0.15, 0.2) is 11.6 Å². The number of rotatable bonds is 6. The van der Waals surface area contributed by atoms with Gasteiger partial charge in [-0.15, -0.1) is 0 Å². The van der Waals surface area contributed by atoms with Gasteiger partial charge in [0.1, 0.15) is 18.9 Å². The van der Waals surface area contributed by atoms with E-state index in [4.69, 9.17) is 16.3 Å². The Balaban J connectivity index is 1.50. The van der Waals surface area contributed by atoms with Crippen molar-refractivity contribution in [3.05, 3.63) is 59.1 Å². The molecule has 9 heteroatoms. The normalized spacial score (nSPS) is 16.4. The zero-order valence-corrected chi connectivity index (χ0v) is 16.1. The molecule has 0 amide bonds. The van der Waals surface area contributed by atoms with E-state index in [1.54, 1.807) is 24.3 Å². The molecule has 0 aromatic heterocycles. The summed E-state index contributed by atoms with van der Waals surface area (Å²) in [6, 6.07) is 9.75. The van der Waals surface area contributed by atoms with Crippen LogP contribution in [0.3, 0.4) is 0 Å². The minimum absolute atomic E-state index is 0.226. The Morgan fingerprint density at radius 2 is 1.70 bits per heavy atom. The number of piperazine rings is 1. The van der Waals surface area contributed by atoms with E-state index in [1.807, 2.05) is 0 Å². The minimum Gasteiger partial charge on any atom is -0.488 e. The molecule has 0 unspecified atom stereocenters. The number of quaternary nitrogens is 1. The van der Waals surface area contributed by atoms with Gasteiger partial charge in [-0.05, 0) is 42.5 Å². The van der Waals surface area contributed by atoms with Crippen molar-refractivity contribution in [3.63, 3.8) is 0 Å². The van der Waals surface area contributed by atoms with Crippen LogP contribution in [0.2, 0.25) is 5.02 Å². The van der Waals surface area contributed by atoms with Crippen molar-refractivity contribution in [3.8, 4) is 5.75 Å². The molecule has 0 radical (unpaired) electrons. The second-order valence-electron chi connectivity index (χ2n) is 6.28. The van der Waals surface area contributed by atoms with E-state index in [0.717, 1.165) is 30.5 Å². The second-order valence-corrected chi connectivity index (χ2v) is 8.66. The van der Waals surface area contributed by atoms with Gasteiger partial charge in [0, 0.05) is 5.02 Å². The molecule has 0 aliphatic carbocycles. The standard InChI is InChI=1S/C18H19ClF2N2O3S/c19-14-1-3-15(4-2-14)26-12-11-22-7-9-23(10-8-22)27(24,25)16-5-6-17(20)18(21)13-16/h1-6,13H,7-12H2/p+1. The van der Waals surface area contributed by atoms with E-state index in [0.29, 0.717) is 37.8 Å². The van der Waals surface area contributed by atoms with Gasteiger partial charge in [-0.25, -0.2) is 17.2 Å². The lowest BCUT2D eigenvalue weighted by Gasteiger charge is -2.31.